The molecule has 2 heterocycles. The van der Waals surface area contributed by atoms with Crippen molar-refractivity contribution in [1.82, 2.24) is 9.97 Å². The highest BCUT2D eigenvalue weighted by Crippen LogP contribution is 2.40. The van der Waals surface area contributed by atoms with E-state index in [0.29, 0.717) is 0 Å². The average molecular weight is 542 g/mol. The molecule has 4 nitrogen and oxygen atoms in total. The number of aromatic nitrogens is 2. The number of hydrogen-bond acceptors (Lipinski definition) is 4. The van der Waals surface area contributed by atoms with Gasteiger partial charge in [0.2, 0.25) is 0 Å². The van der Waals surface area contributed by atoms with Gasteiger partial charge in [-0.15, -0.1) is 0 Å². The molecule has 0 bridgehead atoms. The molecule has 0 fully saturated rings. The summed E-state index contributed by atoms with van der Waals surface area (Å²) in [6, 6.07) is 0. The summed E-state index contributed by atoms with van der Waals surface area (Å²) >= 11 is 7.37. The van der Waals surface area contributed by atoms with Crippen LogP contribution in [0.15, 0.2) is 17.8 Å². The first kappa shape index (κ1) is 23.8. The molecule has 0 saturated heterocycles. The highest BCUT2D eigenvalue weighted by molar-refractivity contribution is 9.11. The zero-order valence-corrected chi connectivity index (χ0v) is 21.5. The van der Waals surface area contributed by atoms with Gasteiger partial charge in [0.05, 0.1) is 8.95 Å². The Labute approximate surface area is 196 Å². The molecule has 2 aromatic heterocycles. The third kappa shape index (κ3) is 6.09. The van der Waals surface area contributed by atoms with Crippen molar-refractivity contribution >= 4 is 54.1 Å². The van der Waals surface area contributed by atoms with Gasteiger partial charge in [-0.1, -0.05) is 78.1 Å². The van der Waals surface area contributed by atoms with Crippen LogP contribution in [0.5, 0.6) is 0 Å². The van der Waals surface area contributed by atoms with Gasteiger partial charge in [-0.3, -0.25) is 0 Å². The molecule has 0 amide bonds. The van der Waals surface area contributed by atoms with Crippen molar-refractivity contribution in [2.75, 3.05) is 0 Å². The average Bonchev–Trinajstić information content (AvgIpc) is 3.37. The predicted octanol–water partition coefficient (Wildman–Crippen LogP) is 9.30. The van der Waals surface area contributed by atoms with E-state index in [1.165, 1.54) is 64.2 Å². The molecule has 30 heavy (non-hydrogen) atoms. The van der Waals surface area contributed by atoms with Gasteiger partial charge in [0.15, 0.2) is 22.9 Å². The van der Waals surface area contributed by atoms with Crippen LogP contribution in [-0.4, -0.2) is 9.97 Å². The lowest BCUT2D eigenvalue weighted by Gasteiger charge is -1.98. The van der Waals surface area contributed by atoms with Gasteiger partial charge < -0.3 is 8.83 Å². The molecule has 0 N–H and O–H groups in total. The van der Waals surface area contributed by atoms with Crippen molar-refractivity contribution in [3.63, 3.8) is 0 Å². The zero-order chi connectivity index (χ0) is 21.3. The summed E-state index contributed by atoms with van der Waals surface area (Å²) < 4.78 is 13.9. The number of rotatable bonds is 14. The molecule has 3 rings (SSSR count). The van der Waals surface area contributed by atoms with Crippen LogP contribution in [0, 0.1) is 0 Å². The summed E-state index contributed by atoms with van der Waals surface area (Å²) in [5.41, 5.74) is 3.15. The molecular weight excluding hydrogens is 508 g/mol. The largest absolute Gasteiger partial charge is 0.439 e. The molecule has 166 valence electrons. The maximum absolute atomic E-state index is 6.09. The molecule has 0 aliphatic heterocycles. The van der Waals surface area contributed by atoms with Crippen LogP contribution >= 0.6 is 31.9 Å². The molecule has 1 aromatic carbocycles. The first-order chi connectivity index (χ1) is 14.7. The maximum Gasteiger partial charge on any atom is 0.195 e. The molecule has 0 radical (unpaired) electrons. The Hall–Kier alpha value is -0.880. The Morgan fingerprint density at radius 2 is 0.933 bits per heavy atom. The van der Waals surface area contributed by atoms with E-state index in [1.54, 1.807) is 0 Å². The van der Waals surface area contributed by atoms with E-state index in [1.807, 2.05) is 0 Å². The van der Waals surface area contributed by atoms with Crippen LogP contribution in [0.1, 0.15) is 103 Å². The lowest BCUT2D eigenvalue weighted by atomic mass is 10.1. The van der Waals surface area contributed by atoms with Crippen LogP contribution in [-0.2, 0) is 12.8 Å². The van der Waals surface area contributed by atoms with Gasteiger partial charge in [0.1, 0.15) is 11.0 Å². The monoisotopic (exact) mass is 540 g/mol. The summed E-state index contributed by atoms with van der Waals surface area (Å²) in [7, 11) is 0. The van der Waals surface area contributed by atoms with E-state index in [-0.39, 0.29) is 0 Å². The maximum atomic E-state index is 6.09. The van der Waals surface area contributed by atoms with Crippen molar-refractivity contribution in [2.24, 2.45) is 0 Å². The normalized spacial score (nSPS) is 11.9. The van der Waals surface area contributed by atoms with Crippen LogP contribution in [0.4, 0.5) is 0 Å². The quantitative estimate of drug-likeness (QED) is 0.191. The van der Waals surface area contributed by atoms with Gasteiger partial charge in [-0.2, -0.15) is 0 Å². The molecule has 0 aliphatic carbocycles. The number of oxazole rings is 2. The Morgan fingerprint density at radius 1 is 0.567 bits per heavy atom. The Kier molecular flexibility index (Phi) is 9.69. The van der Waals surface area contributed by atoms with Crippen LogP contribution < -0.4 is 0 Å². The van der Waals surface area contributed by atoms with Gasteiger partial charge >= 0.3 is 0 Å². The van der Waals surface area contributed by atoms with Crippen LogP contribution in [0.2, 0.25) is 0 Å². The third-order valence-corrected chi connectivity index (χ3v) is 7.12. The van der Waals surface area contributed by atoms with E-state index in [4.69, 9.17) is 18.8 Å². The zero-order valence-electron chi connectivity index (χ0n) is 18.4. The first-order valence-electron chi connectivity index (χ1n) is 11.7. The number of benzene rings is 1. The van der Waals surface area contributed by atoms with E-state index in [9.17, 15) is 0 Å². The fourth-order valence-electron chi connectivity index (χ4n) is 3.87. The van der Waals surface area contributed by atoms with Crippen LogP contribution in [0.3, 0.4) is 0 Å². The lowest BCUT2D eigenvalue weighted by Crippen LogP contribution is -1.86. The third-order valence-electron chi connectivity index (χ3n) is 5.65. The number of aryl methyl sites for hydroxylation is 2. The molecule has 0 atom stereocenters. The Balaban J connectivity index is 1.65. The van der Waals surface area contributed by atoms with Gasteiger partial charge in [-0.25, -0.2) is 9.97 Å². The van der Waals surface area contributed by atoms with Crippen molar-refractivity contribution in [2.45, 2.75) is 104 Å². The summed E-state index contributed by atoms with van der Waals surface area (Å²) in [6.07, 6.45) is 16.9. The van der Waals surface area contributed by atoms with Crippen LogP contribution in [0.25, 0.3) is 22.2 Å². The minimum absolute atomic E-state index is 0.759. The Bertz CT molecular complexity index is 804. The molecule has 6 heteroatoms. The second-order valence-corrected chi connectivity index (χ2v) is 9.82. The smallest absolute Gasteiger partial charge is 0.195 e. The van der Waals surface area contributed by atoms with E-state index in [0.717, 1.165) is 68.6 Å². The second kappa shape index (κ2) is 12.2. The molecule has 0 aliphatic rings. The highest BCUT2D eigenvalue weighted by atomic mass is 79.9. The number of halogens is 2. The molecule has 0 saturated carbocycles. The number of unbranched alkanes of at least 4 members (excludes halogenated alkanes) is 10. The number of hydrogen-bond donors (Lipinski definition) is 0. The summed E-state index contributed by atoms with van der Waals surface area (Å²) in [6.45, 7) is 4.49. The molecular formula is C24H34Br2N2O2. The molecule has 3 aromatic rings. The van der Waals surface area contributed by atoms with E-state index in [2.05, 4.69) is 45.7 Å². The first-order valence-corrected chi connectivity index (χ1v) is 13.3. The van der Waals surface area contributed by atoms with Gasteiger partial charge in [0.25, 0.3) is 0 Å². The van der Waals surface area contributed by atoms with E-state index >= 15 is 0 Å². The fourth-order valence-corrected chi connectivity index (χ4v) is 4.94. The number of nitrogens with zero attached hydrogens (tertiary/aromatic N) is 2. The van der Waals surface area contributed by atoms with Gasteiger partial charge in [0, 0.05) is 12.8 Å². The van der Waals surface area contributed by atoms with Crippen molar-refractivity contribution in [3.8, 4) is 0 Å². The standard InChI is InChI=1S/C24H34Br2N2O2/c1-3-5-7-9-11-13-15-17-27-21-19(25)24-22(20(26)23(21)29-17)28-18(30-24)16-14-12-10-8-6-4-2/h3-16H2,1-2H3. The number of fused-ring (bicyclic) bond motifs is 2. The SMILES string of the molecule is CCCCCCCCc1nc2c(Br)c3oc(CCCCCCCC)nc3c(Br)c2o1. The van der Waals surface area contributed by atoms with Gasteiger partial charge in [-0.05, 0) is 44.7 Å². The predicted molar refractivity (Wildman–Crippen MR) is 131 cm³/mol. The fraction of sp³-hybridized carbons (Fsp3) is 0.667. The lowest BCUT2D eigenvalue weighted by molar-refractivity contribution is 0.504. The highest BCUT2D eigenvalue weighted by Gasteiger charge is 2.21. The minimum atomic E-state index is 0.759. The summed E-state index contributed by atoms with van der Waals surface area (Å²) in [5.74, 6) is 1.59. The Morgan fingerprint density at radius 3 is 1.33 bits per heavy atom. The summed E-state index contributed by atoms with van der Waals surface area (Å²) in [4.78, 5) is 9.48. The topological polar surface area (TPSA) is 52.1 Å². The molecule has 0 spiro atoms. The van der Waals surface area contributed by atoms with Crippen molar-refractivity contribution < 1.29 is 8.83 Å². The van der Waals surface area contributed by atoms with Crippen molar-refractivity contribution in [3.05, 3.63) is 20.7 Å². The second-order valence-electron chi connectivity index (χ2n) is 8.23. The molecule has 0 unspecified atom stereocenters. The minimum Gasteiger partial charge on any atom is -0.439 e. The van der Waals surface area contributed by atoms with E-state index < -0.39 is 0 Å². The summed E-state index contributed by atoms with van der Waals surface area (Å²) in [5, 5.41) is 0. The van der Waals surface area contributed by atoms with Crippen molar-refractivity contribution in [1.29, 1.82) is 0 Å².